The lowest BCUT2D eigenvalue weighted by Crippen LogP contribution is -2.43. The first-order valence-electron chi connectivity index (χ1n) is 8.75. The molecule has 3 unspecified atom stereocenters. The van der Waals surface area contributed by atoms with Crippen molar-refractivity contribution in [2.45, 2.75) is 89.6 Å². The van der Waals surface area contributed by atoms with Crippen LogP contribution in [-0.4, -0.2) is 18.0 Å². The van der Waals surface area contributed by atoms with E-state index in [9.17, 15) is 4.79 Å². The van der Waals surface area contributed by atoms with Crippen molar-refractivity contribution >= 4 is 5.91 Å². The van der Waals surface area contributed by atoms with Gasteiger partial charge in [0, 0.05) is 18.5 Å². The van der Waals surface area contributed by atoms with E-state index in [0.29, 0.717) is 24.3 Å². The van der Waals surface area contributed by atoms with Crippen molar-refractivity contribution < 1.29 is 4.79 Å². The second kappa shape index (κ2) is 8.02. The van der Waals surface area contributed by atoms with Gasteiger partial charge in [0.15, 0.2) is 0 Å². The largest absolute Gasteiger partial charge is 0.353 e. The summed E-state index contributed by atoms with van der Waals surface area (Å²) in [5.41, 5.74) is 6.15. The fourth-order valence-electron chi connectivity index (χ4n) is 4.08. The van der Waals surface area contributed by atoms with E-state index in [1.54, 1.807) is 0 Å². The van der Waals surface area contributed by atoms with Crippen molar-refractivity contribution in [3.63, 3.8) is 0 Å². The summed E-state index contributed by atoms with van der Waals surface area (Å²) in [5, 5.41) is 3.31. The summed E-state index contributed by atoms with van der Waals surface area (Å²) < 4.78 is 0. The van der Waals surface area contributed by atoms with Gasteiger partial charge in [-0.25, -0.2) is 0 Å². The van der Waals surface area contributed by atoms with Gasteiger partial charge in [-0.3, -0.25) is 4.79 Å². The molecular formula is C17H32N2O. The molecule has 0 radical (unpaired) electrons. The molecule has 3 heteroatoms. The molecule has 2 aliphatic carbocycles. The van der Waals surface area contributed by atoms with Crippen LogP contribution >= 0.6 is 0 Å². The van der Waals surface area contributed by atoms with Crippen molar-refractivity contribution in [2.24, 2.45) is 17.6 Å². The Morgan fingerprint density at radius 2 is 1.75 bits per heavy atom. The Morgan fingerprint density at radius 1 is 1.10 bits per heavy atom. The van der Waals surface area contributed by atoms with Gasteiger partial charge in [-0.15, -0.1) is 0 Å². The molecule has 0 aliphatic heterocycles. The maximum atomic E-state index is 12.3. The fraction of sp³-hybridized carbons (Fsp3) is 0.941. The van der Waals surface area contributed by atoms with Crippen LogP contribution in [0.1, 0.15) is 77.6 Å². The van der Waals surface area contributed by atoms with Gasteiger partial charge in [0.2, 0.25) is 5.91 Å². The first-order chi connectivity index (χ1) is 9.70. The summed E-state index contributed by atoms with van der Waals surface area (Å²) in [4.78, 5) is 12.3. The van der Waals surface area contributed by atoms with Crippen molar-refractivity contribution in [1.82, 2.24) is 5.32 Å². The van der Waals surface area contributed by atoms with E-state index >= 15 is 0 Å². The summed E-state index contributed by atoms with van der Waals surface area (Å²) in [6.45, 7) is 2.20. The number of hydrogen-bond acceptors (Lipinski definition) is 2. The Balaban J connectivity index is 1.79. The fourth-order valence-corrected chi connectivity index (χ4v) is 4.08. The molecule has 2 saturated carbocycles. The zero-order valence-electron chi connectivity index (χ0n) is 13.1. The normalized spacial score (nSPS) is 29.9. The Labute approximate surface area is 124 Å². The SMILES string of the molecule is CCC(NC(=O)CC1CCCCC1N)C1CCCCC1. The third kappa shape index (κ3) is 4.47. The Kier molecular flexibility index (Phi) is 6.34. The van der Waals surface area contributed by atoms with Crippen LogP contribution in [0.2, 0.25) is 0 Å². The third-order valence-corrected chi connectivity index (χ3v) is 5.42. The van der Waals surface area contributed by atoms with Crippen LogP contribution in [-0.2, 0) is 4.79 Å². The van der Waals surface area contributed by atoms with Gasteiger partial charge in [0.1, 0.15) is 0 Å². The van der Waals surface area contributed by atoms with E-state index in [4.69, 9.17) is 5.73 Å². The molecule has 3 atom stereocenters. The minimum Gasteiger partial charge on any atom is -0.353 e. The lowest BCUT2D eigenvalue weighted by atomic mass is 9.81. The summed E-state index contributed by atoms with van der Waals surface area (Å²) in [5.74, 6) is 1.36. The highest BCUT2D eigenvalue weighted by molar-refractivity contribution is 5.76. The summed E-state index contributed by atoms with van der Waals surface area (Å²) in [7, 11) is 0. The van der Waals surface area contributed by atoms with Gasteiger partial charge in [-0.1, -0.05) is 39.0 Å². The van der Waals surface area contributed by atoms with E-state index in [2.05, 4.69) is 12.2 Å². The topological polar surface area (TPSA) is 55.1 Å². The second-order valence-corrected chi connectivity index (χ2v) is 6.89. The third-order valence-electron chi connectivity index (χ3n) is 5.42. The average Bonchev–Trinajstić information content (AvgIpc) is 2.48. The zero-order valence-corrected chi connectivity index (χ0v) is 13.1. The number of carbonyl (C=O) groups is 1. The average molecular weight is 280 g/mol. The monoisotopic (exact) mass is 280 g/mol. The maximum absolute atomic E-state index is 12.3. The Morgan fingerprint density at radius 3 is 2.40 bits per heavy atom. The zero-order chi connectivity index (χ0) is 14.4. The number of rotatable bonds is 5. The molecule has 0 aromatic rings. The van der Waals surface area contributed by atoms with Crippen LogP contribution in [0.25, 0.3) is 0 Å². The van der Waals surface area contributed by atoms with E-state index < -0.39 is 0 Å². The van der Waals surface area contributed by atoms with Crippen LogP contribution in [0.4, 0.5) is 0 Å². The molecule has 0 saturated heterocycles. The minimum absolute atomic E-state index is 0.240. The predicted octanol–water partition coefficient (Wildman–Crippen LogP) is 3.37. The molecule has 20 heavy (non-hydrogen) atoms. The van der Waals surface area contributed by atoms with Gasteiger partial charge < -0.3 is 11.1 Å². The summed E-state index contributed by atoms with van der Waals surface area (Å²) in [6.07, 6.45) is 13.0. The van der Waals surface area contributed by atoms with Crippen LogP contribution < -0.4 is 11.1 Å². The molecule has 116 valence electrons. The number of nitrogens with one attached hydrogen (secondary N) is 1. The summed E-state index contributed by atoms with van der Waals surface area (Å²) in [6, 6.07) is 0.631. The quantitative estimate of drug-likeness (QED) is 0.811. The van der Waals surface area contributed by atoms with Gasteiger partial charge in [-0.2, -0.15) is 0 Å². The lowest BCUT2D eigenvalue weighted by molar-refractivity contribution is -0.123. The molecule has 0 spiro atoms. The molecule has 2 rings (SSSR count). The Hall–Kier alpha value is -0.570. The number of hydrogen-bond donors (Lipinski definition) is 2. The number of nitrogens with two attached hydrogens (primary N) is 1. The van der Waals surface area contributed by atoms with Crippen molar-refractivity contribution in [2.75, 3.05) is 0 Å². The highest BCUT2D eigenvalue weighted by Crippen LogP contribution is 2.29. The van der Waals surface area contributed by atoms with Gasteiger partial charge in [0.25, 0.3) is 0 Å². The first kappa shape index (κ1) is 15.8. The number of amides is 1. The smallest absolute Gasteiger partial charge is 0.220 e. The summed E-state index contributed by atoms with van der Waals surface area (Å²) >= 11 is 0. The van der Waals surface area contributed by atoms with Crippen LogP contribution in [0.5, 0.6) is 0 Å². The van der Waals surface area contributed by atoms with Crippen LogP contribution in [0, 0.1) is 11.8 Å². The minimum atomic E-state index is 0.240. The molecule has 2 aliphatic rings. The van der Waals surface area contributed by atoms with E-state index in [1.807, 2.05) is 0 Å². The van der Waals surface area contributed by atoms with Gasteiger partial charge in [-0.05, 0) is 43.9 Å². The van der Waals surface area contributed by atoms with E-state index in [0.717, 1.165) is 19.3 Å². The standard InChI is InChI=1S/C17H32N2O/c1-2-16(13-8-4-3-5-9-13)19-17(20)12-14-10-6-7-11-15(14)18/h13-16H,2-12,18H2,1H3,(H,19,20). The van der Waals surface area contributed by atoms with Crippen LogP contribution in [0.15, 0.2) is 0 Å². The molecule has 0 heterocycles. The van der Waals surface area contributed by atoms with E-state index in [-0.39, 0.29) is 11.9 Å². The molecule has 3 nitrogen and oxygen atoms in total. The highest BCUT2D eigenvalue weighted by Gasteiger charge is 2.27. The molecule has 1 amide bonds. The molecule has 0 bridgehead atoms. The second-order valence-electron chi connectivity index (χ2n) is 6.89. The first-order valence-corrected chi connectivity index (χ1v) is 8.75. The van der Waals surface area contributed by atoms with Gasteiger partial charge in [0.05, 0.1) is 0 Å². The van der Waals surface area contributed by atoms with Crippen molar-refractivity contribution in [3.8, 4) is 0 Å². The number of carbonyl (C=O) groups excluding carboxylic acids is 1. The van der Waals surface area contributed by atoms with Gasteiger partial charge >= 0.3 is 0 Å². The predicted molar refractivity (Wildman–Crippen MR) is 83.3 cm³/mol. The molecular weight excluding hydrogens is 248 g/mol. The Bertz CT molecular complexity index is 299. The van der Waals surface area contributed by atoms with Crippen LogP contribution in [0.3, 0.4) is 0 Å². The maximum Gasteiger partial charge on any atom is 0.220 e. The van der Waals surface area contributed by atoms with Crippen molar-refractivity contribution in [3.05, 3.63) is 0 Å². The molecule has 2 fully saturated rings. The highest BCUT2D eigenvalue weighted by atomic mass is 16.1. The lowest BCUT2D eigenvalue weighted by Gasteiger charge is -2.32. The van der Waals surface area contributed by atoms with E-state index in [1.165, 1.54) is 44.9 Å². The molecule has 0 aromatic heterocycles. The molecule has 0 aromatic carbocycles. The van der Waals surface area contributed by atoms with Crippen molar-refractivity contribution in [1.29, 1.82) is 0 Å². The molecule has 3 N–H and O–H groups in total.